The van der Waals surface area contributed by atoms with E-state index in [9.17, 15) is 9.18 Å². The highest BCUT2D eigenvalue weighted by Crippen LogP contribution is 2.09. The lowest BCUT2D eigenvalue weighted by molar-refractivity contribution is -0.134. The zero-order chi connectivity index (χ0) is 11.3. The molecule has 0 radical (unpaired) electrons. The van der Waals surface area contributed by atoms with Crippen LogP contribution in [0, 0.1) is 12.7 Å². The molecule has 0 unspecified atom stereocenters. The van der Waals surface area contributed by atoms with Crippen LogP contribution in [0.25, 0.3) is 0 Å². The second kappa shape index (κ2) is 5.29. The summed E-state index contributed by atoms with van der Waals surface area (Å²) in [5.41, 5.74) is 1.58. The van der Waals surface area contributed by atoms with E-state index in [0.717, 1.165) is 5.56 Å². The van der Waals surface area contributed by atoms with Crippen LogP contribution in [0.3, 0.4) is 0 Å². The van der Waals surface area contributed by atoms with E-state index in [1.165, 1.54) is 19.3 Å². The SMILES string of the molecule is COC(=O)/C=C/Cc1ccc(F)c(C)c1. The van der Waals surface area contributed by atoms with Crippen molar-refractivity contribution in [3.8, 4) is 0 Å². The van der Waals surface area contributed by atoms with Gasteiger partial charge in [0, 0.05) is 6.08 Å². The molecule has 0 amide bonds. The van der Waals surface area contributed by atoms with Crippen LogP contribution in [0.15, 0.2) is 30.4 Å². The van der Waals surface area contributed by atoms with Crippen molar-refractivity contribution in [3.05, 3.63) is 47.3 Å². The third-order valence-corrected chi connectivity index (χ3v) is 2.03. The van der Waals surface area contributed by atoms with Crippen molar-refractivity contribution in [2.75, 3.05) is 7.11 Å². The summed E-state index contributed by atoms with van der Waals surface area (Å²) in [5, 5.41) is 0. The first-order valence-corrected chi connectivity index (χ1v) is 4.63. The Labute approximate surface area is 88.4 Å². The van der Waals surface area contributed by atoms with Crippen LogP contribution in [0.4, 0.5) is 4.39 Å². The summed E-state index contributed by atoms with van der Waals surface area (Å²) < 4.78 is 17.4. The monoisotopic (exact) mass is 208 g/mol. The number of hydrogen-bond donors (Lipinski definition) is 0. The Balaban J connectivity index is 2.62. The second-order valence-corrected chi connectivity index (χ2v) is 3.21. The average Bonchev–Trinajstić information content (AvgIpc) is 2.23. The molecule has 0 aliphatic rings. The Kier molecular flexibility index (Phi) is 4.03. The Morgan fingerprint density at radius 1 is 1.53 bits per heavy atom. The van der Waals surface area contributed by atoms with Gasteiger partial charge in [0.05, 0.1) is 7.11 Å². The minimum absolute atomic E-state index is 0.212. The van der Waals surface area contributed by atoms with Gasteiger partial charge in [-0.05, 0) is 30.5 Å². The Morgan fingerprint density at radius 2 is 2.27 bits per heavy atom. The van der Waals surface area contributed by atoms with Crippen LogP contribution in [0.5, 0.6) is 0 Å². The topological polar surface area (TPSA) is 26.3 Å². The van der Waals surface area contributed by atoms with Gasteiger partial charge in [0.25, 0.3) is 0 Å². The van der Waals surface area contributed by atoms with Crippen molar-refractivity contribution in [2.45, 2.75) is 13.3 Å². The number of halogens is 1. The molecule has 0 saturated heterocycles. The van der Waals surface area contributed by atoms with E-state index in [4.69, 9.17) is 0 Å². The van der Waals surface area contributed by atoms with E-state index in [-0.39, 0.29) is 11.8 Å². The zero-order valence-electron chi connectivity index (χ0n) is 8.79. The molecular formula is C12H13FO2. The van der Waals surface area contributed by atoms with E-state index in [0.29, 0.717) is 12.0 Å². The molecule has 0 spiro atoms. The van der Waals surface area contributed by atoms with Gasteiger partial charge in [-0.1, -0.05) is 18.2 Å². The molecule has 0 aliphatic heterocycles. The fraction of sp³-hybridized carbons (Fsp3) is 0.250. The molecule has 0 fully saturated rings. The van der Waals surface area contributed by atoms with Crippen LogP contribution in [-0.2, 0) is 16.0 Å². The number of carbonyl (C=O) groups excluding carboxylic acids is 1. The smallest absolute Gasteiger partial charge is 0.330 e. The van der Waals surface area contributed by atoms with Crippen LogP contribution in [0.2, 0.25) is 0 Å². The van der Waals surface area contributed by atoms with Gasteiger partial charge < -0.3 is 4.74 Å². The maximum atomic E-state index is 12.9. The van der Waals surface area contributed by atoms with Gasteiger partial charge in [-0.25, -0.2) is 9.18 Å². The van der Waals surface area contributed by atoms with Crippen LogP contribution in [0.1, 0.15) is 11.1 Å². The number of ether oxygens (including phenoxy) is 1. The largest absolute Gasteiger partial charge is 0.466 e. The average molecular weight is 208 g/mol. The van der Waals surface area contributed by atoms with Crippen LogP contribution in [-0.4, -0.2) is 13.1 Å². The molecule has 0 atom stereocenters. The lowest BCUT2D eigenvalue weighted by atomic mass is 10.1. The molecule has 2 nitrogen and oxygen atoms in total. The normalized spacial score (nSPS) is 10.6. The number of hydrogen-bond acceptors (Lipinski definition) is 2. The molecule has 15 heavy (non-hydrogen) atoms. The number of allylic oxidation sites excluding steroid dienone is 1. The molecule has 0 N–H and O–H groups in total. The molecule has 1 aromatic carbocycles. The Morgan fingerprint density at radius 3 is 2.87 bits per heavy atom. The number of rotatable bonds is 3. The van der Waals surface area contributed by atoms with Crippen LogP contribution >= 0.6 is 0 Å². The van der Waals surface area contributed by atoms with E-state index >= 15 is 0 Å². The summed E-state index contributed by atoms with van der Waals surface area (Å²) in [5.74, 6) is -0.593. The van der Waals surface area contributed by atoms with Crippen molar-refractivity contribution in [2.24, 2.45) is 0 Å². The number of methoxy groups -OCH3 is 1. The van der Waals surface area contributed by atoms with E-state index in [2.05, 4.69) is 4.74 Å². The molecule has 3 heteroatoms. The van der Waals surface area contributed by atoms with E-state index in [1.54, 1.807) is 25.1 Å². The van der Waals surface area contributed by atoms with Crippen molar-refractivity contribution in [1.29, 1.82) is 0 Å². The molecule has 1 rings (SSSR count). The molecule has 80 valence electrons. The summed E-state index contributed by atoms with van der Waals surface area (Å²) in [6.45, 7) is 1.71. The number of esters is 1. The van der Waals surface area contributed by atoms with Crippen LogP contribution < -0.4 is 0 Å². The molecule has 0 saturated carbocycles. The highest BCUT2D eigenvalue weighted by atomic mass is 19.1. The maximum absolute atomic E-state index is 12.9. The second-order valence-electron chi connectivity index (χ2n) is 3.21. The summed E-state index contributed by atoms with van der Waals surface area (Å²) in [7, 11) is 1.33. The molecule has 1 aromatic rings. The Bertz CT molecular complexity index is 383. The predicted molar refractivity (Wildman–Crippen MR) is 56.0 cm³/mol. The summed E-state index contributed by atoms with van der Waals surface area (Å²) in [6, 6.07) is 4.89. The predicted octanol–water partition coefficient (Wildman–Crippen LogP) is 2.41. The number of benzene rings is 1. The number of carbonyl (C=O) groups is 1. The van der Waals surface area contributed by atoms with Crippen molar-refractivity contribution in [3.63, 3.8) is 0 Å². The summed E-state index contributed by atoms with van der Waals surface area (Å²) in [6.07, 6.45) is 3.65. The van der Waals surface area contributed by atoms with Gasteiger partial charge in [0.2, 0.25) is 0 Å². The third kappa shape index (κ3) is 3.54. The first kappa shape index (κ1) is 11.4. The summed E-state index contributed by atoms with van der Waals surface area (Å²) in [4.78, 5) is 10.8. The molecule has 0 aromatic heterocycles. The first-order valence-electron chi connectivity index (χ1n) is 4.63. The van der Waals surface area contributed by atoms with E-state index < -0.39 is 0 Å². The van der Waals surface area contributed by atoms with Gasteiger partial charge in [-0.15, -0.1) is 0 Å². The molecule has 0 aliphatic carbocycles. The van der Waals surface area contributed by atoms with Crippen molar-refractivity contribution >= 4 is 5.97 Å². The minimum atomic E-state index is -0.381. The van der Waals surface area contributed by atoms with Gasteiger partial charge in [0.1, 0.15) is 5.82 Å². The number of aryl methyl sites for hydroxylation is 1. The van der Waals surface area contributed by atoms with Gasteiger partial charge in [-0.2, -0.15) is 0 Å². The van der Waals surface area contributed by atoms with E-state index in [1.807, 2.05) is 0 Å². The summed E-state index contributed by atoms with van der Waals surface area (Å²) >= 11 is 0. The molecule has 0 heterocycles. The van der Waals surface area contributed by atoms with Gasteiger partial charge in [-0.3, -0.25) is 0 Å². The fourth-order valence-corrected chi connectivity index (χ4v) is 1.19. The molecular weight excluding hydrogens is 195 g/mol. The van der Waals surface area contributed by atoms with Crippen molar-refractivity contribution in [1.82, 2.24) is 0 Å². The van der Waals surface area contributed by atoms with Gasteiger partial charge >= 0.3 is 5.97 Å². The zero-order valence-corrected chi connectivity index (χ0v) is 8.79. The fourth-order valence-electron chi connectivity index (χ4n) is 1.19. The lowest BCUT2D eigenvalue weighted by Gasteiger charge is -1.99. The third-order valence-electron chi connectivity index (χ3n) is 2.03. The lowest BCUT2D eigenvalue weighted by Crippen LogP contribution is -1.94. The maximum Gasteiger partial charge on any atom is 0.330 e. The quantitative estimate of drug-likeness (QED) is 0.563. The highest BCUT2D eigenvalue weighted by molar-refractivity contribution is 5.81. The first-order chi connectivity index (χ1) is 7.13. The minimum Gasteiger partial charge on any atom is -0.466 e. The highest BCUT2D eigenvalue weighted by Gasteiger charge is 1.97. The van der Waals surface area contributed by atoms with Crippen molar-refractivity contribution < 1.29 is 13.9 Å². The van der Waals surface area contributed by atoms with Gasteiger partial charge in [0.15, 0.2) is 0 Å². The standard InChI is InChI=1S/C12H13FO2/c1-9-8-10(6-7-11(9)13)4-3-5-12(14)15-2/h3,5-8H,4H2,1-2H3/b5-3+. The Hall–Kier alpha value is -1.64. The molecule has 0 bridgehead atoms.